The molecule has 1 unspecified atom stereocenters. The van der Waals surface area contributed by atoms with Gasteiger partial charge in [0.05, 0.1) is 12.3 Å². The molecule has 27 heavy (non-hydrogen) atoms. The largest absolute Gasteiger partial charge is 0.755 e. The number of hydrogen-bond acceptors (Lipinski definition) is 5. The van der Waals surface area contributed by atoms with Gasteiger partial charge in [-0.3, -0.25) is 9.00 Å². The molecule has 0 aromatic heterocycles. The minimum Gasteiger partial charge on any atom is -0.755 e. The zero-order chi connectivity index (χ0) is 19.1. The Balaban J connectivity index is 0.00000364. The Kier molecular flexibility index (Phi) is 9.45. The van der Waals surface area contributed by atoms with Crippen LogP contribution in [0.2, 0.25) is 0 Å². The lowest BCUT2D eigenvalue weighted by Crippen LogP contribution is -2.37. The van der Waals surface area contributed by atoms with E-state index in [1.54, 1.807) is 12.1 Å². The number of carbonyl (C=O) groups is 1. The average Bonchev–Trinajstić information content (AvgIpc) is 2.60. The third-order valence-electron chi connectivity index (χ3n) is 4.27. The van der Waals surface area contributed by atoms with Crippen LogP contribution in [0, 0.1) is 6.92 Å². The molecular weight excluding hydrogens is 388 g/mol. The van der Waals surface area contributed by atoms with Gasteiger partial charge in [0.1, 0.15) is 0 Å². The van der Waals surface area contributed by atoms with Crippen LogP contribution in [0.1, 0.15) is 28.4 Å². The van der Waals surface area contributed by atoms with Crippen molar-refractivity contribution in [3.05, 3.63) is 59.2 Å². The molecule has 148 valence electrons. The lowest BCUT2D eigenvalue weighted by Gasteiger charge is -2.32. The molecular formula is C19H24ClN2O4S-. The van der Waals surface area contributed by atoms with Gasteiger partial charge in [-0.2, -0.15) is 0 Å². The van der Waals surface area contributed by atoms with Crippen molar-refractivity contribution in [1.82, 2.24) is 0 Å². The zero-order valence-electron chi connectivity index (χ0n) is 15.3. The highest BCUT2D eigenvalue weighted by atomic mass is 35.5. The number of aldehydes is 1. The summed E-state index contributed by atoms with van der Waals surface area (Å²) in [6.45, 7) is 4.60. The van der Waals surface area contributed by atoms with Gasteiger partial charge in [0.25, 0.3) is 0 Å². The van der Waals surface area contributed by atoms with Gasteiger partial charge in [-0.25, -0.2) is 0 Å². The normalized spacial score (nSPS) is 12.6. The molecule has 8 heteroatoms. The monoisotopic (exact) mass is 411 g/mol. The van der Waals surface area contributed by atoms with Gasteiger partial charge in [-0.05, 0) is 49.6 Å². The second kappa shape index (κ2) is 11.0. The molecule has 0 fully saturated rings. The summed E-state index contributed by atoms with van der Waals surface area (Å²) in [5.74, 6) is 0. The summed E-state index contributed by atoms with van der Waals surface area (Å²) in [7, 11) is 0. The fourth-order valence-electron chi connectivity index (χ4n) is 3.03. The number of aliphatic hydroxyl groups is 1. The topological polar surface area (TPSA) is 92.7 Å². The van der Waals surface area contributed by atoms with E-state index in [4.69, 9.17) is 0 Å². The van der Waals surface area contributed by atoms with Crippen molar-refractivity contribution in [2.75, 3.05) is 22.8 Å². The Morgan fingerprint density at radius 3 is 2.59 bits per heavy atom. The van der Waals surface area contributed by atoms with Crippen molar-refractivity contribution >= 4 is 41.3 Å². The third-order valence-corrected chi connectivity index (χ3v) is 4.65. The van der Waals surface area contributed by atoms with Crippen molar-refractivity contribution in [2.24, 2.45) is 0 Å². The molecule has 0 aliphatic heterocycles. The maximum absolute atomic E-state index is 11.1. The maximum Gasteiger partial charge on any atom is 0.152 e. The smallest absolute Gasteiger partial charge is 0.152 e. The van der Waals surface area contributed by atoms with E-state index < -0.39 is 11.3 Å². The molecule has 0 aliphatic carbocycles. The second-order valence-corrected chi connectivity index (χ2v) is 6.81. The first kappa shape index (κ1) is 23.1. The predicted molar refractivity (Wildman–Crippen MR) is 110 cm³/mol. The van der Waals surface area contributed by atoms with Crippen molar-refractivity contribution in [3.63, 3.8) is 0 Å². The molecule has 2 aromatic carbocycles. The summed E-state index contributed by atoms with van der Waals surface area (Å²) in [6.07, 6.45) is 1.25. The molecule has 2 aromatic rings. The highest BCUT2D eigenvalue weighted by molar-refractivity contribution is 7.80. The fraction of sp³-hybridized carbons (Fsp3) is 0.316. The van der Waals surface area contributed by atoms with Gasteiger partial charge in [-0.1, -0.05) is 24.3 Å². The van der Waals surface area contributed by atoms with Crippen LogP contribution in [0.3, 0.4) is 0 Å². The Hall–Kier alpha value is -1.93. The molecule has 0 heterocycles. The Morgan fingerprint density at radius 2 is 2.00 bits per heavy atom. The molecule has 0 aliphatic rings. The number of halogens is 1. The quantitative estimate of drug-likeness (QED) is 0.489. The first-order chi connectivity index (χ1) is 12.5. The second-order valence-electron chi connectivity index (χ2n) is 6.13. The van der Waals surface area contributed by atoms with Crippen molar-refractivity contribution < 1.29 is 18.7 Å². The number of nitrogens with zero attached hydrogens (tertiary/aromatic N) is 1. The highest BCUT2D eigenvalue weighted by Crippen LogP contribution is 2.24. The molecule has 0 saturated heterocycles. The summed E-state index contributed by atoms with van der Waals surface area (Å²) in [4.78, 5) is 13.2. The third kappa shape index (κ3) is 6.32. The molecule has 0 spiro atoms. The molecule has 2 atom stereocenters. The van der Waals surface area contributed by atoms with Gasteiger partial charge >= 0.3 is 0 Å². The van der Waals surface area contributed by atoms with E-state index in [0.29, 0.717) is 19.3 Å². The standard InChI is InChI=1S/C19H24N2O4S.ClH/c1-14-5-3-4-6-19(14)21(9-10-22)15(2)11-16-7-8-17(13-23)18(12-16)20-26(24)25;/h3-8,12-13,15,20,22H,9-11H2,1-2H3,(H,24,25);1H/p-1/t15-;/m1./s1. The Bertz CT molecular complexity index is 788. The van der Waals surface area contributed by atoms with Crippen LogP contribution in [0.15, 0.2) is 42.5 Å². The summed E-state index contributed by atoms with van der Waals surface area (Å²) in [5, 5.41) is 9.46. The molecule has 0 saturated carbocycles. The number of aliphatic hydroxyl groups excluding tert-OH is 1. The molecule has 6 nitrogen and oxygen atoms in total. The predicted octanol–water partition coefficient (Wildman–Crippen LogP) is 2.87. The number of rotatable bonds is 9. The Morgan fingerprint density at radius 1 is 1.30 bits per heavy atom. The van der Waals surface area contributed by atoms with E-state index in [-0.39, 0.29) is 36.3 Å². The van der Waals surface area contributed by atoms with E-state index in [0.717, 1.165) is 16.8 Å². The van der Waals surface area contributed by atoms with Gasteiger partial charge < -0.3 is 19.3 Å². The number of carbonyl (C=O) groups excluding carboxylic acids is 1. The van der Waals surface area contributed by atoms with Crippen LogP contribution in [0.5, 0.6) is 0 Å². The van der Waals surface area contributed by atoms with Gasteiger partial charge in [0, 0.05) is 35.1 Å². The van der Waals surface area contributed by atoms with E-state index in [1.165, 1.54) is 0 Å². The van der Waals surface area contributed by atoms with Crippen LogP contribution in [-0.4, -0.2) is 39.3 Å². The van der Waals surface area contributed by atoms with Crippen LogP contribution >= 0.6 is 12.4 Å². The van der Waals surface area contributed by atoms with Crippen molar-refractivity contribution in [1.29, 1.82) is 0 Å². The fourth-order valence-corrected chi connectivity index (χ4v) is 3.39. The minimum atomic E-state index is -2.50. The van der Waals surface area contributed by atoms with Crippen molar-refractivity contribution in [3.8, 4) is 0 Å². The van der Waals surface area contributed by atoms with Gasteiger partial charge in [-0.15, -0.1) is 12.4 Å². The summed E-state index contributed by atoms with van der Waals surface area (Å²) < 4.78 is 24.1. The van der Waals surface area contributed by atoms with Crippen LogP contribution in [0.4, 0.5) is 11.4 Å². The molecule has 0 radical (unpaired) electrons. The maximum atomic E-state index is 11.1. The lowest BCUT2D eigenvalue weighted by molar-refractivity contribution is 0.112. The summed E-state index contributed by atoms with van der Waals surface area (Å²) >= 11 is -2.50. The molecule has 2 N–H and O–H groups in total. The first-order valence-corrected chi connectivity index (χ1v) is 9.41. The molecule has 0 bridgehead atoms. The van der Waals surface area contributed by atoms with Gasteiger partial charge in [0.15, 0.2) is 6.29 Å². The summed E-state index contributed by atoms with van der Waals surface area (Å²) in [5.41, 5.74) is 3.62. The van der Waals surface area contributed by atoms with Crippen LogP contribution < -0.4 is 9.62 Å². The number of hydrogen-bond donors (Lipinski definition) is 2. The van der Waals surface area contributed by atoms with Crippen LogP contribution in [0.25, 0.3) is 0 Å². The van der Waals surface area contributed by atoms with E-state index in [1.807, 2.05) is 37.3 Å². The van der Waals surface area contributed by atoms with E-state index in [2.05, 4.69) is 16.5 Å². The van der Waals surface area contributed by atoms with E-state index >= 15 is 0 Å². The number of aryl methyl sites for hydroxylation is 1. The summed E-state index contributed by atoms with van der Waals surface area (Å²) in [6, 6.07) is 13.1. The minimum absolute atomic E-state index is 0. The number of nitrogens with one attached hydrogen (secondary N) is 1. The average molecular weight is 412 g/mol. The number of anilines is 2. The molecule has 0 amide bonds. The Labute approximate surface area is 168 Å². The number of benzene rings is 2. The van der Waals surface area contributed by atoms with Crippen LogP contribution in [-0.2, 0) is 17.7 Å². The SMILES string of the molecule is Cc1ccccc1N(CCO)[C@H](C)Cc1ccc(C=O)c(NS(=O)[O-])c1.Cl. The highest BCUT2D eigenvalue weighted by Gasteiger charge is 2.17. The first-order valence-electron chi connectivity index (χ1n) is 8.33. The van der Waals surface area contributed by atoms with E-state index in [9.17, 15) is 18.7 Å². The van der Waals surface area contributed by atoms with Crippen molar-refractivity contribution in [2.45, 2.75) is 26.3 Å². The van der Waals surface area contributed by atoms with Gasteiger partial charge in [0.2, 0.25) is 0 Å². The number of para-hydroxylation sites is 1. The zero-order valence-corrected chi connectivity index (χ0v) is 16.9. The molecule has 2 rings (SSSR count). The lowest BCUT2D eigenvalue weighted by atomic mass is 10.0.